The van der Waals surface area contributed by atoms with Crippen molar-refractivity contribution in [1.29, 1.82) is 0 Å². The third-order valence-corrected chi connectivity index (χ3v) is 8.29. The van der Waals surface area contributed by atoms with Gasteiger partial charge < -0.3 is 0 Å². The van der Waals surface area contributed by atoms with E-state index in [0.717, 1.165) is 13.5 Å². The van der Waals surface area contributed by atoms with Crippen molar-refractivity contribution in [2.75, 3.05) is 6.26 Å². The maximum atomic E-state index is 4.65. The van der Waals surface area contributed by atoms with Gasteiger partial charge in [0.05, 0.1) is 0 Å². The van der Waals surface area contributed by atoms with E-state index in [4.69, 9.17) is 0 Å². The summed E-state index contributed by atoms with van der Waals surface area (Å²) in [6.45, 7) is 1.97. The highest BCUT2D eigenvalue weighted by molar-refractivity contribution is 8.98. The zero-order chi connectivity index (χ0) is 4.83. The molecule has 5 heteroatoms. The van der Waals surface area contributed by atoms with Crippen LogP contribution in [-0.2, 0) is 11.8 Å². The topological polar surface area (TPSA) is 0 Å². The fourth-order valence-electron chi connectivity index (χ4n) is 0.0525. The third-order valence-electron chi connectivity index (χ3n) is 0.158. The Labute approximate surface area is 54.1 Å². The molecular formula is CH4P2S3. The summed E-state index contributed by atoms with van der Waals surface area (Å²) in [5.74, 6) is 0. The molecule has 0 aliphatic heterocycles. The summed E-state index contributed by atoms with van der Waals surface area (Å²) in [6.07, 6.45) is 2.09. The Bertz CT molecular complexity index is 37.8. The van der Waals surface area contributed by atoms with E-state index >= 15 is 0 Å². The predicted octanol–water partition coefficient (Wildman–Crippen LogP) is 2.91. The molecule has 0 fully saturated rings. The standard InChI is InChI=1S/CH4P2S3/c1-5-3-6-2-4/h3H,1H3. The van der Waals surface area contributed by atoms with E-state index in [1.807, 2.05) is 11.4 Å². The molecule has 0 aromatic rings. The van der Waals surface area contributed by atoms with Gasteiger partial charge in [-0.1, -0.05) is 11.0 Å². The van der Waals surface area contributed by atoms with Crippen LogP contribution in [0.3, 0.4) is 0 Å². The van der Waals surface area contributed by atoms with Gasteiger partial charge in [-0.05, 0) is 18.1 Å². The number of hydrogen-bond acceptors (Lipinski definition) is 3. The van der Waals surface area contributed by atoms with E-state index in [1.165, 1.54) is 0 Å². The molecule has 1 atom stereocenters. The molecule has 0 aromatic carbocycles. The molecule has 0 N–H and O–H groups in total. The molecule has 0 saturated carbocycles. The van der Waals surface area contributed by atoms with Crippen molar-refractivity contribution >= 4 is 47.7 Å². The summed E-state index contributed by atoms with van der Waals surface area (Å²) in [5, 5.41) is 0. The Morgan fingerprint density at radius 3 is 2.67 bits per heavy atom. The van der Waals surface area contributed by atoms with Crippen molar-refractivity contribution in [3.8, 4) is 0 Å². The minimum atomic E-state index is 0.932. The first-order valence-electron chi connectivity index (χ1n) is 1.18. The van der Waals surface area contributed by atoms with Crippen molar-refractivity contribution in [2.24, 2.45) is 0 Å². The second-order valence-corrected chi connectivity index (χ2v) is 8.56. The molecule has 0 amide bonds. The van der Waals surface area contributed by atoms with Crippen molar-refractivity contribution in [1.82, 2.24) is 0 Å². The Hall–Kier alpha value is 1.65. The maximum absolute atomic E-state index is 4.65. The normalized spacial score (nSPS) is 11.5. The lowest BCUT2D eigenvalue weighted by atomic mass is 12.0. The fraction of sp³-hybridized carbons (Fsp3) is 1.00. The summed E-state index contributed by atoms with van der Waals surface area (Å²) >= 11 is 8.28. The van der Waals surface area contributed by atoms with E-state index in [-0.39, 0.29) is 0 Å². The molecule has 0 radical (unpaired) electrons. The minimum Gasteiger partial charge on any atom is -0.129 e. The van der Waals surface area contributed by atoms with Gasteiger partial charge in [0.2, 0.25) is 0 Å². The van der Waals surface area contributed by atoms with Crippen LogP contribution < -0.4 is 0 Å². The van der Waals surface area contributed by atoms with Crippen LogP contribution in [0.2, 0.25) is 0 Å². The van der Waals surface area contributed by atoms with Gasteiger partial charge in [-0.3, -0.25) is 0 Å². The number of hydrogen-bond donors (Lipinski definition) is 0. The third kappa shape index (κ3) is 5.65. The molecule has 0 heterocycles. The van der Waals surface area contributed by atoms with E-state index in [1.54, 1.807) is 11.0 Å². The summed E-state index contributed by atoms with van der Waals surface area (Å²) < 4.78 is 0. The van der Waals surface area contributed by atoms with Gasteiger partial charge in [0, 0.05) is 13.5 Å². The van der Waals surface area contributed by atoms with Gasteiger partial charge in [-0.2, -0.15) is 0 Å². The van der Waals surface area contributed by atoms with Gasteiger partial charge >= 0.3 is 0 Å². The van der Waals surface area contributed by atoms with Crippen LogP contribution in [0.1, 0.15) is 0 Å². The lowest BCUT2D eigenvalue weighted by molar-refractivity contribution is 2.55. The molecule has 0 saturated heterocycles. The largest absolute Gasteiger partial charge is 0.129 e. The average molecular weight is 174 g/mol. The lowest BCUT2D eigenvalue weighted by Gasteiger charge is -1.80. The molecule has 0 aromatic heterocycles. The van der Waals surface area contributed by atoms with Crippen LogP contribution in [0.25, 0.3) is 0 Å². The molecule has 0 aliphatic rings. The Morgan fingerprint density at radius 2 is 2.50 bits per heavy atom. The molecule has 0 aliphatic carbocycles. The summed E-state index contributed by atoms with van der Waals surface area (Å²) in [7, 11) is 0. The lowest BCUT2D eigenvalue weighted by Crippen LogP contribution is -1.18. The van der Waals surface area contributed by atoms with Gasteiger partial charge in [0.1, 0.15) is 0 Å². The van der Waals surface area contributed by atoms with Crippen molar-refractivity contribution in [2.45, 2.75) is 0 Å². The van der Waals surface area contributed by atoms with Gasteiger partial charge in [0.15, 0.2) is 0 Å². The molecule has 0 spiro atoms. The van der Waals surface area contributed by atoms with Gasteiger partial charge in [-0.15, -0.1) is 11.4 Å². The van der Waals surface area contributed by atoms with Gasteiger partial charge in [0.25, 0.3) is 0 Å². The van der Waals surface area contributed by atoms with Crippen molar-refractivity contribution < 1.29 is 0 Å². The van der Waals surface area contributed by atoms with Crippen LogP contribution in [0.15, 0.2) is 0 Å². The van der Waals surface area contributed by atoms with Crippen LogP contribution >= 0.6 is 35.9 Å². The summed E-state index contributed by atoms with van der Waals surface area (Å²) in [6, 6.07) is 0. The summed E-state index contributed by atoms with van der Waals surface area (Å²) in [4.78, 5) is 0. The Balaban J connectivity index is 2.49. The highest BCUT2D eigenvalue weighted by Gasteiger charge is 1.73. The quantitative estimate of drug-likeness (QED) is 0.477. The van der Waals surface area contributed by atoms with E-state index in [0.29, 0.717) is 0 Å². The minimum absolute atomic E-state index is 0.932. The molecule has 36 valence electrons. The molecule has 0 nitrogen and oxygen atoms in total. The van der Waals surface area contributed by atoms with Crippen molar-refractivity contribution in [3.63, 3.8) is 0 Å². The SMILES string of the molecule is CSPSP=S. The number of rotatable bonds is 3. The van der Waals surface area contributed by atoms with E-state index in [2.05, 4.69) is 18.1 Å². The zero-order valence-electron chi connectivity index (χ0n) is 3.17. The molecule has 0 rings (SSSR count). The first kappa shape index (κ1) is 7.65. The highest BCUT2D eigenvalue weighted by Crippen LogP contribution is 2.47. The molecule has 6 heavy (non-hydrogen) atoms. The zero-order valence-corrected chi connectivity index (χ0v) is 7.52. The smallest absolute Gasteiger partial charge is 0.0482 e. The monoisotopic (exact) mass is 174 g/mol. The Morgan fingerprint density at radius 1 is 1.83 bits per heavy atom. The maximum Gasteiger partial charge on any atom is 0.0482 e. The second kappa shape index (κ2) is 6.65. The first-order chi connectivity index (χ1) is 2.91. The Kier molecular flexibility index (Phi) is 8.48. The van der Waals surface area contributed by atoms with Gasteiger partial charge in [-0.25, -0.2) is 0 Å². The van der Waals surface area contributed by atoms with E-state index in [9.17, 15) is 0 Å². The predicted molar refractivity (Wildman–Crippen MR) is 43.7 cm³/mol. The van der Waals surface area contributed by atoms with Crippen molar-refractivity contribution in [3.05, 3.63) is 0 Å². The van der Waals surface area contributed by atoms with E-state index < -0.39 is 0 Å². The average Bonchev–Trinajstić information content (AvgIpc) is 1.61. The van der Waals surface area contributed by atoms with Crippen LogP contribution in [0.5, 0.6) is 0 Å². The van der Waals surface area contributed by atoms with Crippen LogP contribution in [0.4, 0.5) is 0 Å². The first-order valence-corrected chi connectivity index (χ1v) is 8.19. The summed E-state index contributed by atoms with van der Waals surface area (Å²) in [5.41, 5.74) is 0. The second-order valence-electron chi connectivity index (χ2n) is 0.453. The van der Waals surface area contributed by atoms with Crippen LogP contribution in [0, 0.1) is 0 Å². The van der Waals surface area contributed by atoms with Crippen LogP contribution in [-0.4, -0.2) is 6.26 Å². The molecular weight excluding hydrogens is 170 g/mol. The highest BCUT2D eigenvalue weighted by atomic mass is 33.3. The molecule has 1 unspecified atom stereocenters. The fourth-order valence-corrected chi connectivity index (χ4v) is 6.72. The molecule has 0 bridgehead atoms.